The summed E-state index contributed by atoms with van der Waals surface area (Å²) in [5, 5.41) is 9.12. The molecule has 2 aromatic rings. The number of hydrogen-bond donors (Lipinski definition) is 2. The number of rotatable bonds is 5. The molecule has 0 aliphatic rings. The third-order valence-electron chi connectivity index (χ3n) is 3.20. The topological polar surface area (TPSA) is 63.3 Å². The minimum Gasteiger partial charge on any atom is -0.481 e. The van der Waals surface area contributed by atoms with Gasteiger partial charge in [0.1, 0.15) is 0 Å². The SMILES string of the molecule is Cl.NC[C@H](Cc1ccccc1-c1ccccc1)C(=O)O. The fourth-order valence-electron chi connectivity index (χ4n) is 2.13. The highest BCUT2D eigenvalue weighted by Gasteiger charge is 2.17. The Bertz CT molecular complexity index is 557. The third-order valence-corrected chi connectivity index (χ3v) is 3.20. The number of hydrogen-bond acceptors (Lipinski definition) is 2. The zero-order chi connectivity index (χ0) is 13.7. The van der Waals surface area contributed by atoms with Crippen molar-refractivity contribution in [2.75, 3.05) is 6.54 Å². The van der Waals surface area contributed by atoms with Gasteiger partial charge < -0.3 is 10.8 Å². The first kappa shape index (κ1) is 16.2. The van der Waals surface area contributed by atoms with Gasteiger partial charge >= 0.3 is 5.97 Å². The van der Waals surface area contributed by atoms with E-state index in [0.717, 1.165) is 16.7 Å². The van der Waals surface area contributed by atoms with Crippen LogP contribution >= 0.6 is 12.4 Å². The molecule has 2 aromatic carbocycles. The van der Waals surface area contributed by atoms with Gasteiger partial charge in [-0.25, -0.2) is 0 Å². The molecule has 3 N–H and O–H groups in total. The zero-order valence-corrected chi connectivity index (χ0v) is 11.8. The molecule has 0 unspecified atom stereocenters. The summed E-state index contributed by atoms with van der Waals surface area (Å²) in [6, 6.07) is 17.8. The number of halogens is 1. The van der Waals surface area contributed by atoms with Crippen LogP contribution in [0.4, 0.5) is 0 Å². The predicted octanol–water partition coefficient (Wildman–Crippen LogP) is 2.98. The standard InChI is InChI=1S/C16H17NO2.ClH/c17-11-14(16(18)19)10-13-8-4-5-9-15(13)12-6-2-1-3-7-12;/h1-9,14H,10-11,17H2,(H,18,19);1H/t14-;/m0./s1. The summed E-state index contributed by atoms with van der Waals surface area (Å²) in [5.41, 5.74) is 8.72. The number of nitrogens with two attached hydrogens (primary N) is 1. The second kappa shape index (κ2) is 7.68. The van der Waals surface area contributed by atoms with Crippen molar-refractivity contribution in [1.29, 1.82) is 0 Å². The molecule has 0 amide bonds. The van der Waals surface area contributed by atoms with Crippen LogP contribution in [-0.4, -0.2) is 17.6 Å². The van der Waals surface area contributed by atoms with Crippen LogP contribution < -0.4 is 5.73 Å². The highest BCUT2D eigenvalue weighted by Crippen LogP contribution is 2.25. The van der Waals surface area contributed by atoms with E-state index in [2.05, 4.69) is 0 Å². The molecule has 2 rings (SSSR count). The van der Waals surface area contributed by atoms with Crippen molar-refractivity contribution < 1.29 is 9.90 Å². The van der Waals surface area contributed by atoms with Crippen molar-refractivity contribution in [3.8, 4) is 11.1 Å². The minimum atomic E-state index is -0.842. The molecular formula is C16H18ClNO2. The Hall–Kier alpha value is -1.84. The molecule has 20 heavy (non-hydrogen) atoms. The Balaban J connectivity index is 0.00000200. The summed E-state index contributed by atoms with van der Waals surface area (Å²) in [7, 11) is 0. The molecule has 0 saturated carbocycles. The van der Waals surface area contributed by atoms with Gasteiger partial charge in [0, 0.05) is 6.54 Å². The third kappa shape index (κ3) is 3.83. The number of carboxylic acid groups (broad SMARTS) is 1. The van der Waals surface area contributed by atoms with E-state index in [1.165, 1.54) is 0 Å². The van der Waals surface area contributed by atoms with Crippen LogP contribution in [0.15, 0.2) is 54.6 Å². The van der Waals surface area contributed by atoms with E-state index < -0.39 is 11.9 Å². The Kier molecular flexibility index (Phi) is 6.22. The molecule has 0 heterocycles. The number of benzene rings is 2. The van der Waals surface area contributed by atoms with Crippen LogP contribution in [0.2, 0.25) is 0 Å². The van der Waals surface area contributed by atoms with E-state index in [9.17, 15) is 4.79 Å². The Labute approximate surface area is 124 Å². The summed E-state index contributed by atoms with van der Waals surface area (Å²) in [4.78, 5) is 11.1. The molecular weight excluding hydrogens is 274 g/mol. The molecule has 0 fully saturated rings. The molecule has 0 aliphatic carbocycles. The second-order valence-corrected chi connectivity index (χ2v) is 4.50. The lowest BCUT2D eigenvalue weighted by Crippen LogP contribution is -2.25. The van der Waals surface area contributed by atoms with Gasteiger partial charge in [-0.2, -0.15) is 0 Å². The molecule has 3 nitrogen and oxygen atoms in total. The fourth-order valence-corrected chi connectivity index (χ4v) is 2.13. The number of carboxylic acids is 1. The molecule has 106 valence electrons. The van der Waals surface area contributed by atoms with Gasteiger partial charge in [-0.1, -0.05) is 54.6 Å². The zero-order valence-electron chi connectivity index (χ0n) is 11.0. The summed E-state index contributed by atoms with van der Waals surface area (Å²) >= 11 is 0. The normalized spacial score (nSPS) is 11.4. The van der Waals surface area contributed by atoms with Gasteiger partial charge in [0.05, 0.1) is 5.92 Å². The van der Waals surface area contributed by atoms with Crippen LogP contribution in [0.5, 0.6) is 0 Å². The molecule has 0 spiro atoms. The highest BCUT2D eigenvalue weighted by atomic mass is 35.5. The summed E-state index contributed by atoms with van der Waals surface area (Å²) in [6.45, 7) is 0.151. The van der Waals surface area contributed by atoms with Crippen molar-refractivity contribution >= 4 is 18.4 Å². The van der Waals surface area contributed by atoms with Crippen LogP contribution in [0.1, 0.15) is 5.56 Å². The highest BCUT2D eigenvalue weighted by molar-refractivity contribution is 5.85. The van der Waals surface area contributed by atoms with Gasteiger partial charge in [-0.05, 0) is 23.1 Å². The van der Waals surface area contributed by atoms with Gasteiger partial charge in [-0.3, -0.25) is 4.79 Å². The van der Waals surface area contributed by atoms with Gasteiger partial charge in [0.15, 0.2) is 0 Å². The Morgan fingerprint density at radius 3 is 2.25 bits per heavy atom. The van der Waals surface area contributed by atoms with E-state index in [0.29, 0.717) is 6.42 Å². The van der Waals surface area contributed by atoms with Crippen LogP contribution in [0.25, 0.3) is 11.1 Å². The predicted molar refractivity (Wildman–Crippen MR) is 83.0 cm³/mol. The van der Waals surface area contributed by atoms with Gasteiger partial charge in [0.2, 0.25) is 0 Å². The molecule has 0 bridgehead atoms. The molecule has 1 atom stereocenters. The quantitative estimate of drug-likeness (QED) is 0.890. The van der Waals surface area contributed by atoms with Crippen molar-refractivity contribution in [1.82, 2.24) is 0 Å². The fraction of sp³-hybridized carbons (Fsp3) is 0.188. The first-order valence-electron chi connectivity index (χ1n) is 6.28. The summed E-state index contributed by atoms with van der Waals surface area (Å²) < 4.78 is 0. The Morgan fingerprint density at radius 2 is 1.65 bits per heavy atom. The smallest absolute Gasteiger partial charge is 0.308 e. The van der Waals surface area contributed by atoms with Crippen molar-refractivity contribution in [2.24, 2.45) is 11.7 Å². The molecule has 0 aliphatic heterocycles. The van der Waals surface area contributed by atoms with E-state index in [-0.39, 0.29) is 19.0 Å². The van der Waals surface area contributed by atoms with E-state index in [4.69, 9.17) is 10.8 Å². The van der Waals surface area contributed by atoms with Crippen molar-refractivity contribution in [3.05, 3.63) is 60.2 Å². The maximum absolute atomic E-state index is 11.1. The molecule has 0 aromatic heterocycles. The number of aliphatic carboxylic acids is 1. The van der Waals surface area contributed by atoms with Gasteiger partial charge in [0.25, 0.3) is 0 Å². The van der Waals surface area contributed by atoms with Crippen LogP contribution in [0, 0.1) is 5.92 Å². The minimum absolute atomic E-state index is 0. The largest absolute Gasteiger partial charge is 0.481 e. The summed E-state index contributed by atoms with van der Waals surface area (Å²) in [6.07, 6.45) is 0.455. The van der Waals surface area contributed by atoms with E-state index >= 15 is 0 Å². The number of carbonyl (C=O) groups is 1. The lowest BCUT2D eigenvalue weighted by molar-refractivity contribution is -0.141. The van der Waals surface area contributed by atoms with Crippen molar-refractivity contribution in [3.63, 3.8) is 0 Å². The van der Waals surface area contributed by atoms with E-state index in [1.807, 2.05) is 54.6 Å². The first-order chi connectivity index (χ1) is 9.22. The summed E-state index contributed by atoms with van der Waals surface area (Å²) in [5.74, 6) is -1.38. The maximum Gasteiger partial charge on any atom is 0.308 e. The van der Waals surface area contributed by atoms with Crippen molar-refractivity contribution in [2.45, 2.75) is 6.42 Å². The molecule has 0 saturated heterocycles. The second-order valence-electron chi connectivity index (χ2n) is 4.50. The van der Waals surface area contributed by atoms with Crippen LogP contribution in [0.3, 0.4) is 0 Å². The first-order valence-corrected chi connectivity index (χ1v) is 6.28. The van der Waals surface area contributed by atoms with E-state index in [1.54, 1.807) is 0 Å². The average molecular weight is 292 g/mol. The lowest BCUT2D eigenvalue weighted by atomic mass is 9.92. The molecule has 0 radical (unpaired) electrons. The maximum atomic E-state index is 11.1. The van der Waals surface area contributed by atoms with Gasteiger partial charge in [-0.15, -0.1) is 12.4 Å². The van der Waals surface area contributed by atoms with Crippen LogP contribution in [-0.2, 0) is 11.2 Å². The molecule has 4 heteroatoms. The lowest BCUT2D eigenvalue weighted by Gasteiger charge is -2.13. The monoisotopic (exact) mass is 291 g/mol. The average Bonchev–Trinajstić information content (AvgIpc) is 2.45. The Morgan fingerprint density at radius 1 is 1.05 bits per heavy atom.